The Bertz CT molecular complexity index is 1060. The smallest absolute Gasteiger partial charge is 0.337 e. The van der Waals surface area contributed by atoms with Gasteiger partial charge in [-0.15, -0.1) is 0 Å². The molecule has 0 saturated carbocycles. The highest BCUT2D eigenvalue weighted by Crippen LogP contribution is 2.35. The molecule has 3 aromatic rings. The normalized spacial score (nSPS) is 13.5. The van der Waals surface area contributed by atoms with E-state index in [1.807, 2.05) is 47.3 Å². The summed E-state index contributed by atoms with van der Waals surface area (Å²) in [5.41, 5.74) is 1.78. The molecule has 1 N–H and O–H groups in total. The van der Waals surface area contributed by atoms with E-state index in [1.54, 1.807) is 32.4 Å². The molecular formula is C24H26N2O6. The van der Waals surface area contributed by atoms with Crippen molar-refractivity contribution >= 4 is 11.7 Å². The van der Waals surface area contributed by atoms with Crippen LogP contribution in [0.2, 0.25) is 0 Å². The Hall–Kier alpha value is -3.65. The van der Waals surface area contributed by atoms with Gasteiger partial charge < -0.3 is 33.5 Å². The van der Waals surface area contributed by atoms with Gasteiger partial charge in [-0.3, -0.25) is 0 Å². The Morgan fingerprint density at radius 3 is 2.50 bits per heavy atom. The molecule has 168 valence electrons. The molecule has 1 saturated heterocycles. The molecule has 0 unspecified atom stereocenters. The molecule has 32 heavy (non-hydrogen) atoms. The number of methoxy groups -OCH3 is 2. The number of carboxylic acid groups (broad SMARTS) is 1. The highest BCUT2D eigenvalue weighted by molar-refractivity contribution is 5.95. The van der Waals surface area contributed by atoms with Gasteiger partial charge in [-0.25, -0.2) is 4.79 Å². The van der Waals surface area contributed by atoms with Crippen molar-refractivity contribution in [3.8, 4) is 22.9 Å². The van der Waals surface area contributed by atoms with Gasteiger partial charge in [-0.2, -0.15) is 0 Å². The van der Waals surface area contributed by atoms with E-state index in [0.29, 0.717) is 49.2 Å². The number of aromatic nitrogens is 1. The topological polar surface area (TPSA) is 82.4 Å². The van der Waals surface area contributed by atoms with Gasteiger partial charge in [0.2, 0.25) is 0 Å². The van der Waals surface area contributed by atoms with Crippen LogP contribution < -0.4 is 19.1 Å². The lowest BCUT2D eigenvalue weighted by atomic mass is 10.1. The lowest BCUT2D eigenvalue weighted by Crippen LogP contribution is -2.54. The summed E-state index contributed by atoms with van der Waals surface area (Å²) in [4.78, 5) is 13.9. The third-order valence-electron chi connectivity index (χ3n) is 5.28. The van der Waals surface area contributed by atoms with Gasteiger partial charge in [0.15, 0.2) is 11.5 Å². The van der Waals surface area contributed by atoms with E-state index < -0.39 is 5.97 Å². The maximum Gasteiger partial charge on any atom is 0.337 e. The number of anilines is 1. The Labute approximate surface area is 186 Å². The minimum atomic E-state index is -0.955. The summed E-state index contributed by atoms with van der Waals surface area (Å²) < 4.78 is 24.0. The summed E-state index contributed by atoms with van der Waals surface area (Å²) in [6.45, 7) is 2.22. The lowest BCUT2D eigenvalue weighted by molar-refractivity contribution is 0.0697. The third-order valence-corrected chi connectivity index (χ3v) is 5.28. The predicted octanol–water partition coefficient (Wildman–Crippen LogP) is 3.48. The molecule has 2 aromatic carbocycles. The molecule has 0 bridgehead atoms. The second kappa shape index (κ2) is 9.65. The highest BCUT2D eigenvalue weighted by atomic mass is 16.5. The van der Waals surface area contributed by atoms with Crippen molar-refractivity contribution in [3.63, 3.8) is 0 Å². The van der Waals surface area contributed by atoms with E-state index in [9.17, 15) is 9.90 Å². The molecule has 0 amide bonds. The van der Waals surface area contributed by atoms with Crippen LogP contribution in [0.25, 0.3) is 5.69 Å². The van der Waals surface area contributed by atoms with Gasteiger partial charge >= 0.3 is 5.97 Å². The van der Waals surface area contributed by atoms with E-state index >= 15 is 0 Å². The summed E-state index contributed by atoms with van der Waals surface area (Å²) in [6.07, 6.45) is 3.68. The standard InChI is InChI=1S/C24H26N2O6/c1-29-12-13-31-21-9-8-17(14-22(21)30-2)32-18-15-26(16-18)20-7-5-6-19(24(27)28)23(20)25-10-3-4-11-25/h3-11,14,18H,12-13,15-16H2,1-2H3,(H,27,28). The molecule has 0 spiro atoms. The zero-order chi connectivity index (χ0) is 22.5. The van der Waals surface area contributed by atoms with Crippen LogP contribution in [0.15, 0.2) is 60.9 Å². The second-order valence-electron chi connectivity index (χ2n) is 7.37. The van der Waals surface area contributed by atoms with E-state index in [0.717, 1.165) is 5.69 Å². The quantitative estimate of drug-likeness (QED) is 0.485. The van der Waals surface area contributed by atoms with Crippen LogP contribution in [0.4, 0.5) is 5.69 Å². The van der Waals surface area contributed by atoms with Crippen LogP contribution in [-0.2, 0) is 4.74 Å². The van der Waals surface area contributed by atoms with Crippen LogP contribution in [-0.4, -0.2) is 62.3 Å². The summed E-state index contributed by atoms with van der Waals surface area (Å²) in [5.74, 6) is 0.965. The van der Waals surface area contributed by atoms with Crippen LogP contribution in [0.5, 0.6) is 17.2 Å². The van der Waals surface area contributed by atoms with Gasteiger partial charge in [0, 0.05) is 25.6 Å². The third kappa shape index (κ3) is 4.50. The average molecular weight is 438 g/mol. The van der Waals surface area contributed by atoms with Gasteiger partial charge in [-0.05, 0) is 36.4 Å². The van der Waals surface area contributed by atoms with E-state index in [4.69, 9.17) is 18.9 Å². The summed E-state index contributed by atoms with van der Waals surface area (Å²) >= 11 is 0. The van der Waals surface area contributed by atoms with E-state index in [-0.39, 0.29) is 11.7 Å². The first-order valence-corrected chi connectivity index (χ1v) is 10.3. The molecule has 8 heteroatoms. The molecule has 1 aliphatic heterocycles. The minimum Gasteiger partial charge on any atom is -0.493 e. The van der Waals surface area contributed by atoms with E-state index in [1.165, 1.54) is 0 Å². The van der Waals surface area contributed by atoms with Crippen molar-refractivity contribution < 1.29 is 28.8 Å². The van der Waals surface area contributed by atoms with E-state index in [2.05, 4.69) is 4.90 Å². The molecule has 4 rings (SSSR count). The maximum atomic E-state index is 11.8. The lowest BCUT2D eigenvalue weighted by Gasteiger charge is -2.41. The summed E-state index contributed by atoms with van der Waals surface area (Å²) in [7, 11) is 3.21. The molecule has 1 aliphatic rings. The molecule has 0 atom stereocenters. The predicted molar refractivity (Wildman–Crippen MR) is 120 cm³/mol. The Kier molecular flexibility index (Phi) is 6.51. The van der Waals surface area contributed by atoms with Crippen molar-refractivity contribution in [2.75, 3.05) is 45.4 Å². The number of hydrogen-bond acceptors (Lipinski definition) is 6. The molecular weight excluding hydrogens is 412 g/mol. The molecule has 2 heterocycles. The zero-order valence-electron chi connectivity index (χ0n) is 18.1. The van der Waals surface area contributed by atoms with Crippen molar-refractivity contribution in [2.24, 2.45) is 0 Å². The van der Waals surface area contributed by atoms with Gasteiger partial charge in [0.25, 0.3) is 0 Å². The molecule has 1 aromatic heterocycles. The van der Waals surface area contributed by atoms with Crippen LogP contribution in [0.1, 0.15) is 10.4 Å². The SMILES string of the molecule is COCCOc1ccc(OC2CN(c3cccc(C(=O)O)c3-n3cccc3)C2)cc1OC. The Morgan fingerprint density at radius 1 is 1.03 bits per heavy atom. The van der Waals surface area contributed by atoms with Crippen LogP contribution in [0, 0.1) is 0 Å². The first-order chi connectivity index (χ1) is 15.6. The monoisotopic (exact) mass is 438 g/mol. The van der Waals surface area contributed by atoms with Crippen molar-refractivity contribution in [2.45, 2.75) is 6.10 Å². The molecule has 0 radical (unpaired) electrons. The zero-order valence-corrected chi connectivity index (χ0v) is 18.1. The number of para-hydroxylation sites is 1. The molecule has 0 aliphatic carbocycles. The number of benzene rings is 2. The first kappa shape index (κ1) is 21.6. The number of ether oxygens (including phenoxy) is 4. The van der Waals surface area contributed by atoms with Crippen molar-refractivity contribution in [1.29, 1.82) is 0 Å². The number of carbonyl (C=O) groups is 1. The largest absolute Gasteiger partial charge is 0.493 e. The van der Waals surface area contributed by atoms with Gasteiger partial charge in [-0.1, -0.05) is 6.07 Å². The highest BCUT2D eigenvalue weighted by Gasteiger charge is 2.32. The maximum absolute atomic E-state index is 11.8. The van der Waals surface area contributed by atoms with Gasteiger partial charge in [0.05, 0.1) is 43.7 Å². The van der Waals surface area contributed by atoms with Crippen LogP contribution in [0.3, 0.4) is 0 Å². The Morgan fingerprint density at radius 2 is 1.81 bits per heavy atom. The average Bonchev–Trinajstić information content (AvgIpc) is 3.30. The second-order valence-corrected chi connectivity index (χ2v) is 7.37. The first-order valence-electron chi connectivity index (χ1n) is 10.3. The van der Waals surface area contributed by atoms with Crippen molar-refractivity contribution in [3.05, 3.63) is 66.5 Å². The fourth-order valence-corrected chi connectivity index (χ4v) is 3.69. The van der Waals surface area contributed by atoms with Gasteiger partial charge in [0.1, 0.15) is 18.5 Å². The summed E-state index contributed by atoms with van der Waals surface area (Å²) in [5, 5.41) is 9.66. The fraction of sp³-hybridized carbons (Fsp3) is 0.292. The number of carboxylic acids is 1. The fourth-order valence-electron chi connectivity index (χ4n) is 3.69. The molecule has 1 fully saturated rings. The molecule has 8 nitrogen and oxygen atoms in total. The van der Waals surface area contributed by atoms with Crippen LogP contribution >= 0.6 is 0 Å². The minimum absolute atomic E-state index is 0.0223. The number of aromatic carboxylic acids is 1. The summed E-state index contributed by atoms with van der Waals surface area (Å²) in [6, 6.07) is 14.6. The number of nitrogens with zero attached hydrogens (tertiary/aromatic N) is 2. The Balaban J connectivity index is 1.45. The number of rotatable bonds is 10. The number of hydrogen-bond donors (Lipinski definition) is 1. The van der Waals surface area contributed by atoms with Crippen molar-refractivity contribution in [1.82, 2.24) is 4.57 Å².